The number of benzene rings is 1. The summed E-state index contributed by atoms with van der Waals surface area (Å²) in [6.45, 7) is 2.20. The highest BCUT2D eigenvalue weighted by Crippen LogP contribution is 2.18. The molecule has 0 bridgehead atoms. The first-order chi connectivity index (χ1) is 12.1. The summed E-state index contributed by atoms with van der Waals surface area (Å²) in [4.78, 5) is 22.7. The van der Waals surface area contributed by atoms with Crippen LogP contribution in [0.4, 0.5) is 0 Å². The third-order valence-electron chi connectivity index (χ3n) is 3.99. The van der Waals surface area contributed by atoms with Gasteiger partial charge in [-0.2, -0.15) is 11.8 Å². The van der Waals surface area contributed by atoms with Crippen molar-refractivity contribution >= 4 is 23.5 Å². The standard InChI is InChI=1S/C20H24O4S/c1-2-3-8-13-25-14-16-11-5-4-9-15(16)10-6-7-12-17-18(21)19(22)20(23)24-17/h4-5,9,11,17,19,22H,2-3,7-8,12-14H2,1H3. The van der Waals surface area contributed by atoms with Crippen molar-refractivity contribution in [2.24, 2.45) is 0 Å². The van der Waals surface area contributed by atoms with E-state index >= 15 is 0 Å². The molecule has 1 heterocycles. The number of cyclic esters (lactones) is 1. The zero-order chi connectivity index (χ0) is 18.1. The smallest absolute Gasteiger partial charge is 0.343 e. The number of unbranched alkanes of at least 4 members (excludes halogenated alkanes) is 2. The molecule has 25 heavy (non-hydrogen) atoms. The molecule has 0 amide bonds. The van der Waals surface area contributed by atoms with E-state index in [1.807, 2.05) is 30.0 Å². The molecule has 0 aromatic heterocycles. The average Bonchev–Trinajstić information content (AvgIpc) is 2.86. The third kappa shape index (κ3) is 5.91. The lowest BCUT2D eigenvalue weighted by Gasteiger charge is -2.05. The fourth-order valence-corrected chi connectivity index (χ4v) is 3.55. The van der Waals surface area contributed by atoms with Gasteiger partial charge in [-0.15, -0.1) is 0 Å². The minimum Gasteiger partial charge on any atom is -0.452 e. The molecular formula is C20H24O4S. The molecule has 4 nitrogen and oxygen atoms in total. The Hall–Kier alpha value is -1.77. The average molecular weight is 360 g/mol. The van der Waals surface area contributed by atoms with E-state index < -0.39 is 24.0 Å². The van der Waals surface area contributed by atoms with Crippen LogP contribution < -0.4 is 0 Å². The van der Waals surface area contributed by atoms with Gasteiger partial charge in [-0.25, -0.2) is 4.79 Å². The number of carbonyl (C=O) groups is 2. The topological polar surface area (TPSA) is 63.6 Å². The summed E-state index contributed by atoms with van der Waals surface area (Å²) in [5, 5.41) is 9.28. The van der Waals surface area contributed by atoms with Crippen LogP contribution in [0.1, 0.15) is 50.2 Å². The van der Waals surface area contributed by atoms with Gasteiger partial charge in [-0.05, 0) is 23.8 Å². The van der Waals surface area contributed by atoms with E-state index in [-0.39, 0.29) is 0 Å². The molecular weight excluding hydrogens is 336 g/mol. The Kier molecular flexibility index (Phi) is 8.03. The van der Waals surface area contributed by atoms with Gasteiger partial charge in [-0.1, -0.05) is 49.8 Å². The van der Waals surface area contributed by atoms with Crippen LogP contribution in [-0.2, 0) is 20.1 Å². The van der Waals surface area contributed by atoms with Gasteiger partial charge >= 0.3 is 5.97 Å². The van der Waals surface area contributed by atoms with Gasteiger partial charge < -0.3 is 9.84 Å². The highest BCUT2D eigenvalue weighted by molar-refractivity contribution is 7.98. The van der Waals surface area contributed by atoms with Crippen LogP contribution in [0.25, 0.3) is 0 Å². The Bertz CT molecular complexity index is 659. The molecule has 2 atom stereocenters. The predicted octanol–water partition coefficient (Wildman–Crippen LogP) is 3.10. The van der Waals surface area contributed by atoms with Crippen molar-refractivity contribution in [1.82, 2.24) is 0 Å². The van der Waals surface area contributed by atoms with E-state index in [9.17, 15) is 14.7 Å². The largest absolute Gasteiger partial charge is 0.452 e. The highest BCUT2D eigenvalue weighted by atomic mass is 32.2. The van der Waals surface area contributed by atoms with Crippen LogP contribution in [0, 0.1) is 11.8 Å². The van der Waals surface area contributed by atoms with Crippen molar-refractivity contribution < 1.29 is 19.4 Å². The van der Waals surface area contributed by atoms with E-state index in [4.69, 9.17) is 4.74 Å². The van der Waals surface area contributed by atoms with E-state index in [1.165, 1.54) is 24.8 Å². The zero-order valence-corrected chi connectivity index (χ0v) is 15.3. The molecule has 5 heteroatoms. The highest BCUT2D eigenvalue weighted by Gasteiger charge is 2.41. The Labute approximate surface area is 153 Å². The van der Waals surface area contributed by atoms with Crippen LogP contribution in [0.2, 0.25) is 0 Å². The monoisotopic (exact) mass is 360 g/mol. The number of aliphatic hydroxyl groups excluding tert-OH is 1. The van der Waals surface area contributed by atoms with E-state index in [0.717, 1.165) is 17.1 Å². The SMILES string of the molecule is CCCCCSCc1ccccc1C#CCCC1OC(=O)C(O)C1=O. The molecule has 134 valence electrons. The molecule has 1 aromatic rings. The number of aliphatic hydroxyl groups is 1. The Morgan fingerprint density at radius 3 is 2.76 bits per heavy atom. The van der Waals surface area contributed by atoms with Crippen molar-refractivity contribution in [1.29, 1.82) is 0 Å². The normalized spacial score (nSPS) is 19.4. The third-order valence-corrected chi connectivity index (χ3v) is 5.08. The first-order valence-electron chi connectivity index (χ1n) is 8.70. The molecule has 1 aromatic carbocycles. The minimum atomic E-state index is -1.62. The zero-order valence-electron chi connectivity index (χ0n) is 14.5. The van der Waals surface area contributed by atoms with Crippen LogP contribution in [-0.4, -0.2) is 34.8 Å². The van der Waals surface area contributed by atoms with Crippen molar-refractivity contribution in [2.45, 2.75) is 57.0 Å². The van der Waals surface area contributed by atoms with Crippen LogP contribution in [0.5, 0.6) is 0 Å². The summed E-state index contributed by atoms with van der Waals surface area (Å²) in [6.07, 6.45) is 2.03. The number of hydrogen-bond donors (Lipinski definition) is 1. The number of rotatable bonds is 8. The maximum Gasteiger partial charge on any atom is 0.343 e. The lowest BCUT2D eigenvalue weighted by molar-refractivity contribution is -0.147. The number of esters is 1. The quantitative estimate of drug-likeness (QED) is 0.334. The van der Waals surface area contributed by atoms with Gasteiger partial charge in [-0.3, -0.25) is 4.79 Å². The van der Waals surface area contributed by atoms with Gasteiger partial charge in [0.2, 0.25) is 11.9 Å². The van der Waals surface area contributed by atoms with Gasteiger partial charge in [0.25, 0.3) is 0 Å². The molecule has 0 radical (unpaired) electrons. The molecule has 1 saturated heterocycles. The Balaban J connectivity index is 1.83. The van der Waals surface area contributed by atoms with Crippen molar-refractivity contribution in [3.05, 3.63) is 35.4 Å². The fourth-order valence-electron chi connectivity index (χ4n) is 2.52. The van der Waals surface area contributed by atoms with E-state index in [0.29, 0.717) is 12.8 Å². The maximum absolute atomic E-state index is 11.6. The molecule has 2 unspecified atom stereocenters. The number of thioether (sulfide) groups is 1. The van der Waals surface area contributed by atoms with Crippen molar-refractivity contribution in [3.63, 3.8) is 0 Å². The Morgan fingerprint density at radius 1 is 1.24 bits per heavy atom. The van der Waals surface area contributed by atoms with Gasteiger partial charge in [0.15, 0.2) is 6.10 Å². The van der Waals surface area contributed by atoms with Crippen molar-refractivity contribution in [3.8, 4) is 11.8 Å². The number of ether oxygens (including phenoxy) is 1. The van der Waals surface area contributed by atoms with Crippen molar-refractivity contribution in [2.75, 3.05) is 5.75 Å². The summed E-state index contributed by atoms with van der Waals surface area (Å²) < 4.78 is 4.84. The second-order valence-corrected chi connectivity index (χ2v) is 7.09. The number of Topliss-reactive ketones (excluding diaryl/α,β-unsaturated/α-hetero) is 1. The first-order valence-corrected chi connectivity index (χ1v) is 9.85. The molecule has 1 N–H and O–H groups in total. The summed E-state index contributed by atoms with van der Waals surface area (Å²) in [7, 11) is 0. The molecule has 0 spiro atoms. The van der Waals surface area contributed by atoms with Gasteiger partial charge in [0, 0.05) is 24.2 Å². The fraction of sp³-hybridized carbons (Fsp3) is 0.500. The maximum atomic E-state index is 11.6. The summed E-state index contributed by atoms with van der Waals surface area (Å²) in [5.74, 6) is 6.89. The molecule has 1 aliphatic rings. The number of ketones is 1. The molecule has 0 saturated carbocycles. The number of hydrogen-bond acceptors (Lipinski definition) is 5. The lowest BCUT2D eigenvalue weighted by Crippen LogP contribution is -2.24. The lowest BCUT2D eigenvalue weighted by atomic mass is 10.1. The molecule has 0 aliphatic carbocycles. The minimum absolute atomic E-state index is 0.322. The van der Waals surface area contributed by atoms with Crippen LogP contribution >= 0.6 is 11.8 Å². The van der Waals surface area contributed by atoms with Gasteiger partial charge in [0.05, 0.1) is 0 Å². The number of carbonyl (C=O) groups excluding carboxylic acids is 2. The molecule has 1 aliphatic heterocycles. The Morgan fingerprint density at radius 2 is 2.04 bits per heavy atom. The van der Waals surface area contributed by atoms with Crippen LogP contribution in [0.15, 0.2) is 24.3 Å². The predicted molar refractivity (Wildman–Crippen MR) is 99.1 cm³/mol. The summed E-state index contributed by atoms with van der Waals surface area (Å²) in [5.41, 5.74) is 2.22. The van der Waals surface area contributed by atoms with Gasteiger partial charge in [0.1, 0.15) is 0 Å². The van der Waals surface area contributed by atoms with E-state index in [2.05, 4.69) is 24.8 Å². The summed E-state index contributed by atoms with van der Waals surface area (Å²) in [6, 6.07) is 8.08. The second kappa shape index (κ2) is 10.3. The molecule has 2 rings (SSSR count). The molecule has 1 fully saturated rings. The second-order valence-electron chi connectivity index (χ2n) is 5.99. The van der Waals surface area contributed by atoms with E-state index in [1.54, 1.807) is 0 Å². The first kappa shape index (κ1) is 19.6. The van der Waals surface area contributed by atoms with Crippen LogP contribution in [0.3, 0.4) is 0 Å². The summed E-state index contributed by atoms with van der Waals surface area (Å²) >= 11 is 1.92.